The number of aliphatic hydroxyl groups is 1. The SMILES string of the molecule is C[C@H](O)c1cc(F)ccc1Sc1nccc(=O)[nH]1. The van der Waals surface area contributed by atoms with Crippen molar-refractivity contribution in [1.29, 1.82) is 0 Å². The third kappa shape index (κ3) is 2.96. The minimum absolute atomic E-state index is 0.256. The maximum absolute atomic E-state index is 13.1. The Balaban J connectivity index is 2.37. The average molecular weight is 266 g/mol. The van der Waals surface area contributed by atoms with E-state index in [4.69, 9.17) is 0 Å². The van der Waals surface area contributed by atoms with Crippen molar-refractivity contribution < 1.29 is 9.50 Å². The van der Waals surface area contributed by atoms with Gasteiger partial charge in [-0.25, -0.2) is 9.37 Å². The lowest BCUT2D eigenvalue weighted by atomic mass is 10.1. The third-order valence-electron chi connectivity index (χ3n) is 2.28. The molecule has 4 nitrogen and oxygen atoms in total. The van der Waals surface area contributed by atoms with Gasteiger partial charge in [-0.15, -0.1) is 0 Å². The molecule has 0 unspecified atom stereocenters. The number of aromatic amines is 1. The van der Waals surface area contributed by atoms with Crippen molar-refractivity contribution >= 4 is 11.8 Å². The standard InChI is InChI=1S/C12H11FN2O2S/c1-7(16)9-6-8(13)2-3-10(9)18-12-14-5-4-11(17)15-12/h2-7,16H,1H3,(H,14,15,17)/t7-/m0/s1. The van der Waals surface area contributed by atoms with E-state index in [-0.39, 0.29) is 5.56 Å². The molecule has 2 N–H and O–H groups in total. The maximum atomic E-state index is 13.1. The second-order valence-electron chi connectivity index (χ2n) is 3.70. The van der Waals surface area contributed by atoms with E-state index < -0.39 is 11.9 Å². The van der Waals surface area contributed by atoms with Gasteiger partial charge in [0.05, 0.1) is 6.10 Å². The van der Waals surface area contributed by atoms with Gasteiger partial charge in [0.1, 0.15) is 5.82 Å². The van der Waals surface area contributed by atoms with Crippen LogP contribution in [0.1, 0.15) is 18.6 Å². The molecule has 0 aliphatic heterocycles. The summed E-state index contributed by atoms with van der Waals surface area (Å²) in [6.07, 6.45) is 0.603. The molecule has 0 radical (unpaired) electrons. The second-order valence-corrected chi connectivity index (χ2v) is 4.73. The van der Waals surface area contributed by atoms with Crippen LogP contribution in [0.3, 0.4) is 0 Å². The second kappa shape index (κ2) is 5.32. The Hall–Kier alpha value is -1.66. The van der Waals surface area contributed by atoms with Crippen molar-refractivity contribution in [3.05, 3.63) is 52.2 Å². The molecular weight excluding hydrogens is 255 g/mol. The topological polar surface area (TPSA) is 66.0 Å². The van der Waals surface area contributed by atoms with Crippen molar-refractivity contribution in [3.63, 3.8) is 0 Å². The highest BCUT2D eigenvalue weighted by Crippen LogP contribution is 2.31. The minimum Gasteiger partial charge on any atom is -0.389 e. The predicted octanol–water partition coefficient (Wildman–Crippen LogP) is 2.11. The van der Waals surface area contributed by atoms with Crippen LogP contribution in [0.5, 0.6) is 0 Å². The maximum Gasteiger partial charge on any atom is 0.251 e. The first kappa shape index (κ1) is 12.8. The van der Waals surface area contributed by atoms with Crippen LogP contribution < -0.4 is 5.56 Å². The average Bonchev–Trinajstić information content (AvgIpc) is 2.31. The lowest BCUT2D eigenvalue weighted by Gasteiger charge is -2.10. The number of nitrogens with zero attached hydrogens (tertiary/aromatic N) is 1. The van der Waals surface area contributed by atoms with E-state index in [2.05, 4.69) is 9.97 Å². The summed E-state index contributed by atoms with van der Waals surface area (Å²) in [7, 11) is 0. The van der Waals surface area contributed by atoms with Crippen LogP contribution in [0, 0.1) is 5.82 Å². The van der Waals surface area contributed by atoms with Crippen LogP contribution in [0.4, 0.5) is 4.39 Å². The summed E-state index contributed by atoms with van der Waals surface area (Å²) in [4.78, 5) is 18.3. The first-order valence-corrected chi connectivity index (χ1v) is 6.08. The van der Waals surface area contributed by atoms with Gasteiger partial charge in [-0.2, -0.15) is 0 Å². The molecule has 94 valence electrons. The zero-order valence-electron chi connectivity index (χ0n) is 9.55. The molecule has 1 atom stereocenters. The van der Waals surface area contributed by atoms with Gasteiger partial charge in [-0.05, 0) is 30.7 Å². The summed E-state index contributed by atoms with van der Waals surface area (Å²) in [6.45, 7) is 1.56. The van der Waals surface area contributed by atoms with Crippen molar-refractivity contribution in [2.45, 2.75) is 23.1 Å². The first-order valence-electron chi connectivity index (χ1n) is 5.27. The Bertz CT molecular complexity index is 613. The van der Waals surface area contributed by atoms with Crippen molar-refractivity contribution in [2.75, 3.05) is 0 Å². The van der Waals surface area contributed by atoms with E-state index in [1.807, 2.05) is 0 Å². The fraction of sp³-hybridized carbons (Fsp3) is 0.167. The molecule has 1 aromatic carbocycles. The normalized spacial score (nSPS) is 12.4. The molecule has 2 aromatic rings. The van der Waals surface area contributed by atoms with Gasteiger partial charge in [-0.3, -0.25) is 4.79 Å². The molecule has 0 aliphatic rings. The molecule has 0 saturated carbocycles. The Labute approximate surface area is 107 Å². The molecule has 0 saturated heterocycles. The molecule has 2 rings (SSSR count). The molecule has 1 heterocycles. The summed E-state index contributed by atoms with van der Waals surface area (Å²) in [5.74, 6) is -0.412. The Morgan fingerprint density at radius 3 is 2.89 bits per heavy atom. The van der Waals surface area contributed by atoms with Crippen molar-refractivity contribution in [1.82, 2.24) is 9.97 Å². The summed E-state index contributed by atoms with van der Waals surface area (Å²) >= 11 is 1.17. The quantitative estimate of drug-likeness (QED) is 0.835. The van der Waals surface area contributed by atoms with Crippen molar-refractivity contribution in [2.24, 2.45) is 0 Å². The summed E-state index contributed by atoms with van der Waals surface area (Å²) in [5, 5.41) is 9.99. The number of nitrogens with one attached hydrogen (secondary N) is 1. The van der Waals surface area contributed by atoms with Gasteiger partial charge in [0, 0.05) is 17.2 Å². The number of rotatable bonds is 3. The van der Waals surface area contributed by atoms with Crippen molar-refractivity contribution in [3.8, 4) is 0 Å². The molecule has 6 heteroatoms. The van der Waals surface area contributed by atoms with E-state index in [0.29, 0.717) is 15.6 Å². The number of aromatic nitrogens is 2. The third-order valence-corrected chi connectivity index (χ3v) is 3.27. The molecule has 0 aliphatic carbocycles. The zero-order valence-corrected chi connectivity index (χ0v) is 10.4. The predicted molar refractivity (Wildman–Crippen MR) is 66.0 cm³/mol. The number of H-pyrrole nitrogens is 1. The Kier molecular flexibility index (Phi) is 3.78. The van der Waals surface area contributed by atoms with E-state index in [1.54, 1.807) is 13.0 Å². The van der Waals surface area contributed by atoms with Crippen LogP contribution in [0.25, 0.3) is 0 Å². The summed E-state index contributed by atoms with van der Waals surface area (Å²) in [6, 6.07) is 5.43. The molecule has 0 amide bonds. The smallest absolute Gasteiger partial charge is 0.251 e. The van der Waals surface area contributed by atoms with Gasteiger partial charge in [0.15, 0.2) is 5.16 Å². The highest BCUT2D eigenvalue weighted by Gasteiger charge is 2.11. The lowest BCUT2D eigenvalue weighted by molar-refractivity contribution is 0.196. The van der Waals surface area contributed by atoms with Crippen LogP contribution >= 0.6 is 11.8 Å². The van der Waals surface area contributed by atoms with Gasteiger partial charge < -0.3 is 10.1 Å². The molecular formula is C12H11FN2O2S. The minimum atomic E-state index is -0.793. The number of hydrogen-bond acceptors (Lipinski definition) is 4. The van der Waals surface area contributed by atoms with Gasteiger partial charge in [-0.1, -0.05) is 11.8 Å². The number of aliphatic hydroxyl groups excluding tert-OH is 1. The monoisotopic (exact) mass is 266 g/mol. The molecule has 0 bridgehead atoms. The largest absolute Gasteiger partial charge is 0.389 e. The van der Waals surface area contributed by atoms with E-state index in [9.17, 15) is 14.3 Å². The van der Waals surface area contributed by atoms with Crippen LogP contribution in [0.2, 0.25) is 0 Å². The molecule has 18 heavy (non-hydrogen) atoms. The Morgan fingerprint density at radius 2 is 2.22 bits per heavy atom. The fourth-order valence-electron chi connectivity index (χ4n) is 1.45. The zero-order chi connectivity index (χ0) is 13.1. The van der Waals surface area contributed by atoms with E-state index >= 15 is 0 Å². The lowest BCUT2D eigenvalue weighted by Crippen LogP contribution is -2.05. The van der Waals surface area contributed by atoms with Crippen LogP contribution in [-0.4, -0.2) is 15.1 Å². The molecule has 0 spiro atoms. The summed E-state index contributed by atoms with van der Waals surface area (Å²) < 4.78 is 13.1. The van der Waals surface area contributed by atoms with Gasteiger partial charge >= 0.3 is 0 Å². The molecule has 1 aromatic heterocycles. The number of benzene rings is 1. The highest BCUT2D eigenvalue weighted by atomic mass is 32.2. The van der Waals surface area contributed by atoms with Crippen LogP contribution in [-0.2, 0) is 0 Å². The highest BCUT2D eigenvalue weighted by molar-refractivity contribution is 7.99. The van der Waals surface area contributed by atoms with Gasteiger partial charge in [0.2, 0.25) is 0 Å². The van der Waals surface area contributed by atoms with E-state index in [0.717, 1.165) is 0 Å². The summed E-state index contributed by atoms with van der Waals surface area (Å²) in [5.41, 5.74) is 0.208. The first-order chi connectivity index (χ1) is 8.56. The van der Waals surface area contributed by atoms with Gasteiger partial charge in [0.25, 0.3) is 5.56 Å². The molecule has 0 fully saturated rings. The number of halogens is 1. The van der Waals surface area contributed by atoms with Crippen LogP contribution in [0.15, 0.2) is 45.3 Å². The fourth-order valence-corrected chi connectivity index (χ4v) is 2.40. The van der Waals surface area contributed by atoms with E-state index in [1.165, 1.54) is 36.2 Å². The Morgan fingerprint density at radius 1 is 1.44 bits per heavy atom. The number of hydrogen-bond donors (Lipinski definition) is 2.